The van der Waals surface area contributed by atoms with Gasteiger partial charge in [0.25, 0.3) is 11.5 Å². The third-order valence-corrected chi connectivity index (χ3v) is 4.31. The van der Waals surface area contributed by atoms with E-state index < -0.39 is 0 Å². The average Bonchev–Trinajstić information content (AvgIpc) is 2.56. The van der Waals surface area contributed by atoms with Crippen molar-refractivity contribution in [1.29, 1.82) is 0 Å². The topological polar surface area (TPSA) is 20.9 Å². The maximum atomic E-state index is 12.1. The Bertz CT molecular complexity index is 478. The summed E-state index contributed by atoms with van der Waals surface area (Å²) < 4.78 is 2.07. The van der Waals surface area contributed by atoms with Crippen molar-refractivity contribution in [2.24, 2.45) is 0 Å². The molecule has 0 spiro atoms. The van der Waals surface area contributed by atoms with Gasteiger partial charge < -0.3 is 0 Å². The number of Topliss-reactive ketones (excluding diaryl/α,β-unsaturated/α-hetero) is 1. The van der Waals surface area contributed by atoms with E-state index >= 15 is 0 Å². The lowest BCUT2D eigenvalue weighted by Gasteiger charge is -2.04. The summed E-state index contributed by atoms with van der Waals surface area (Å²) in [5.41, 5.74) is 1.36. The maximum Gasteiger partial charge on any atom is 0.253 e. The molecular weight excluding hydrogens is 282 g/mol. The highest BCUT2D eigenvalue weighted by molar-refractivity contribution is 6.05. The van der Waals surface area contributed by atoms with E-state index in [0.29, 0.717) is 5.57 Å². The highest BCUT2D eigenvalue weighted by atomic mass is 16.1. The van der Waals surface area contributed by atoms with E-state index in [9.17, 15) is 4.79 Å². The quantitative estimate of drug-likeness (QED) is 0.199. The molecule has 0 radical (unpaired) electrons. The van der Waals surface area contributed by atoms with Gasteiger partial charge in [-0.2, -0.15) is 4.57 Å². The number of rotatable bonds is 13. The number of pyridine rings is 1. The summed E-state index contributed by atoms with van der Waals surface area (Å²) in [6.45, 7) is 8.73. The SMILES string of the molecule is C=C(C)C(=O)c1cccc[n+]1CCCCCCCCCCCC. The van der Waals surface area contributed by atoms with E-state index in [1.807, 2.05) is 24.4 Å². The van der Waals surface area contributed by atoms with E-state index in [1.54, 1.807) is 6.92 Å². The van der Waals surface area contributed by atoms with Gasteiger partial charge in [-0.05, 0) is 25.0 Å². The molecule has 0 aliphatic rings. The zero-order valence-electron chi connectivity index (χ0n) is 15.2. The van der Waals surface area contributed by atoms with Crippen molar-refractivity contribution in [3.8, 4) is 0 Å². The lowest BCUT2D eigenvalue weighted by molar-refractivity contribution is -0.699. The molecule has 0 bridgehead atoms. The molecule has 0 saturated carbocycles. The minimum absolute atomic E-state index is 0.0534. The van der Waals surface area contributed by atoms with Gasteiger partial charge in [0.1, 0.15) is 6.54 Å². The van der Waals surface area contributed by atoms with Gasteiger partial charge in [0.05, 0.1) is 0 Å². The molecule has 0 fully saturated rings. The fourth-order valence-corrected chi connectivity index (χ4v) is 2.87. The van der Waals surface area contributed by atoms with Crippen LogP contribution in [0.4, 0.5) is 0 Å². The third kappa shape index (κ3) is 8.11. The van der Waals surface area contributed by atoms with Crippen molar-refractivity contribution in [1.82, 2.24) is 0 Å². The Morgan fingerprint density at radius 3 is 2.09 bits per heavy atom. The van der Waals surface area contributed by atoms with E-state index in [4.69, 9.17) is 0 Å². The zero-order valence-corrected chi connectivity index (χ0v) is 15.2. The van der Waals surface area contributed by atoms with Crippen molar-refractivity contribution in [2.75, 3.05) is 0 Å². The van der Waals surface area contributed by atoms with Crippen molar-refractivity contribution >= 4 is 5.78 Å². The van der Waals surface area contributed by atoms with Gasteiger partial charge in [-0.25, -0.2) is 0 Å². The molecule has 2 heteroatoms. The van der Waals surface area contributed by atoms with Crippen LogP contribution < -0.4 is 4.57 Å². The monoisotopic (exact) mass is 316 g/mol. The van der Waals surface area contributed by atoms with E-state index in [1.165, 1.54) is 57.8 Å². The fourth-order valence-electron chi connectivity index (χ4n) is 2.87. The van der Waals surface area contributed by atoms with Crippen LogP contribution in [0, 0.1) is 0 Å². The fraction of sp³-hybridized carbons (Fsp3) is 0.619. The van der Waals surface area contributed by atoms with Crippen LogP contribution >= 0.6 is 0 Å². The third-order valence-electron chi connectivity index (χ3n) is 4.31. The van der Waals surface area contributed by atoms with Crippen molar-refractivity contribution in [3.63, 3.8) is 0 Å². The number of unbranched alkanes of at least 4 members (excludes halogenated alkanes) is 9. The molecule has 1 heterocycles. The molecule has 0 N–H and O–H groups in total. The molecule has 128 valence electrons. The standard InChI is InChI=1S/C21H34NO/c1-4-5-6-7-8-9-10-11-12-14-17-22-18-15-13-16-20(22)21(23)19(2)3/h13,15-16,18H,2,4-12,14,17H2,1,3H3/q+1. The second-order valence-electron chi connectivity index (χ2n) is 6.57. The number of aromatic nitrogens is 1. The number of hydrogen-bond donors (Lipinski definition) is 0. The Kier molecular flexibility index (Phi) is 10.3. The summed E-state index contributed by atoms with van der Waals surface area (Å²) in [6, 6.07) is 5.81. The van der Waals surface area contributed by atoms with Crippen LogP contribution in [0.15, 0.2) is 36.5 Å². The van der Waals surface area contributed by atoms with Crippen molar-refractivity contribution < 1.29 is 9.36 Å². The van der Waals surface area contributed by atoms with Crippen LogP contribution in [0.25, 0.3) is 0 Å². The molecule has 0 atom stereocenters. The van der Waals surface area contributed by atoms with E-state index in [2.05, 4.69) is 18.1 Å². The predicted octanol–water partition coefficient (Wildman–Crippen LogP) is 5.65. The molecule has 0 saturated heterocycles. The lowest BCUT2D eigenvalue weighted by Crippen LogP contribution is -2.40. The first kappa shape index (κ1) is 19.6. The second-order valence-corrected chi connectivity index (χ2v) is 6.57. The summed E-state index contributed by atoms with van der Waals surface area (Å²) in [6.07, 6.45) is 15.3. The van der Waals surface area contributed by atoms with Gasteiger partial charge >= 0.3 is 0 Å². The Hall–Kier alpha value is -1.44. The van der Waals surface area contributed by atoms with E-state index in [-0.39, 0.29) is 5.78 Å². The smallest absolute Gasteiger partial charge is 0.253 e. The molecule has 0 aliphatic carbocycles. The molecule has 0 amide bonds. The Labute approximate surface area is 142 Å². The molecule has 23 heavy (non-hydrogen) atoms. The highest BCUT2D eigenvalue weighted by Gasteiger charge is 2.18. The molecule has 1 rings (SSSR count). The lowest BCUT2D eigenvalue weighted by atomic mass is 10.1. The normalized spacial score (nSPS) is 10.7. The van der Waals surface area contributed by atoms with Crippen LogP contribution in [0.1, 0.15) is 88.5 Å². The predicted molar refractivity (Wildman–Crippen MR) is 97.6 cm³/mol. The van der Waals surface area contributed by atoms with Crippen LogP contribution in [0.3, 0.4) is 0 Å². The molecule has 0 unspecified atom stereocenters. The Morgan fingerprint density at radius 2 is 1.52 bits per heavy atom. The summed E-state index contributed by atoms with van der Waals surface area (Å²) in [5, 5.41) is 0. The summed E-state index contributed by atoms with van der Waals surface area (Å²) >= 11 is 0. The average molecular weight is 317 g/mol. The first-order chi connectivity index (χ1) is 11.2. The van der Waals surface area contributed by atoms with Gasteiger partial charge in [0.15, 0.2) is 6.20 Å². The van der Waals surface area contributed by atoms with E-state index in [0.717, 1.165) is 18.7 Å². The first-order valence-electron chi connectivity index (χ1n) is 9.35. The van der Waals surface area contributed by atoms with Crippen molar-refractivity contribution in [2.45, 2.75) is 84.6 Å². The minimum Gasteiger partial charge on any atom is -0.282 e. The molecule has 0 aromatic carbocycles. The maximum absolute atomic E-state index is 12.1. The number of hydrogen-bond acceptors (Lipinski definition) is 1. The first-order valence-corrected chi connectivity index (χ1v) is 9.35. The summed E-state index contributed by atoms with van der Waals surface area (Å²) in [4.78, 5) is 12.1. The molecule has 2 nitrogen and oxygen atoms in total. The van der Waals surface area contributed by atoms with Crippen LogP contribution in [-0.4, -0.2) is 5.78 Å². The number of nitrogens with zero attached hydrogens (tertiary/aromatic N) is 1. The van der Waals surface area contributed by atoms with Gasteiger partial charge in [-0.1, -0.05) is 64.9 Å². The van der Waals surface area contributed by atoms with Crippen LogP contribution in [-0.2, 0) is 6.54 Å². The number of allylic oxidation sites excluding steroid dienone is 1. The van der Waals surface area contributed by atoms with Crippen LogP contribution in [0.2, 0.25) is 0 Å². The summed E-state index contributed by atoms with van der Waals surface area (Å²) in [7, 11) is 0. The molecule has 0 aliphatic heterocycles. The molecular formula is C21H34NO+. The van der Waals surface area contributed by atoms with Gasteiger partial charge in [-0.3, -0.25) is 4.79 Å². The largest absolute Gasteiger partial charge is 0.282 e. The van der Waals surface area contributed by atoms with Gasteiger partial charge in [0, 0.05) is 18.6 Å². The molecule has 1 aromatic rings. The zero-order chi connectivity index (χ0) is 16.9. The highest BCUT2D eigenvalue weighted by Crippen LogP contribution is 2.10. The Balaban J connectivity index is 2.19. The number of aryl methyl sites for hydroxylation is 1. The summed E-state index contributed by atoms with van der Waals surface area (Å²) in [5.74, 6) is 0.0534. The van der Waals surface area contributed by atoms with Crippen LogP contribution in [0.5, 0.6) is 0 Å². The van der Waals surface area contributed by atoms with Gasteiger partial charge in [-0.15, -0.1) is 0 Å². The number of carbonyl (C=O) groups excluding carboxylic acids is 1. The number of carbonyl (C=O) groups is 1. The second kappa shape index (κ2) is 12.0. The minimum atomic E-state index is 0.0534. The van der Waals surface area contributed by atoms with Gasteiger partial charge in [0.2, 0.25) is 0 Å². The molecule has 1 aromatic heterocycles. The Morgan fingerprint density at radius 1 is 0.957 bits per heavy atom. The number of ketones is 1. The van der Waals surface area contributed by atoms with Crippen molar-refractivity contribution in [3.05, 3.63) is 42.2 Å².